The number of pyridine rings is 1. The van der Waals surface area contributed by atoms with Crippen molar-refractivity contribution in [3.05, 3.63) is 149 Å². The number of phenolic OH excluding ortho intramolecular Hbond substituents is 1. The number of carboxylic acids is 1. The van der Waals surface area contributed by atoms with E-state index in [0.29, 0.717) is 39.2 Å². The average Bonchev–Trinajstić information content (AvgIpc) is 1.69. The number of amides is 13. The van der Waals surface area contributed by atoms with E-state index in [9.17, 15) is 78.0 Å². The number of rotatable bonds is 19. The monoisotopic (exact) mass is 1640 g/mol. The molecule has 21 N–H and O–H groups in total. The minimum Gasteiger partial charge on any atom is -0.508 e. The van der Waals surface area contributed by atoms with Gasteiger partial charge in [0.05, 0.1) is 18.5 Å². The zero-order valence-corrected chi connectivity index (χ0v) is 67.4. The van der Waals surface area contributed by atoms with Crippen molar-refractivity contribution >= 4 is 117 Å². The fraction of sp³-hybridized carbons (Fsp3) is 0.468. The SMILES string of the molecule is CCC[C@@H]1NC(=O)[C@H](Cc2ccc(O)cc2)NC(=O)[C@H](CCC(=O)O)NC(=O)[C@H](CC(C)C)NC(=O)[C@H](Cc2c[nH]c3ncccc23)NC(=O)[C@H]([C@@H](C)O)NC(=O)[C@H](Cc2cnc[nH]2)NC(=O)[C@H](Cc2ccc(C(N)=O)cc2)NC(=O)C(C(C)(C)C)NC(=O)CCSCc2cccc(c2)CSC[C@@H](C(N)=O)NC(=O)C([C@@H](C)O)NC1=O. The number of nitrogens with two attached hydrogens (primary N) is 2. The van der Waals surface area contributed by atoms with Crippen LogP contribution in [0.5, 0.6) is 5.75 Å². The van der Waals surface area contributed by atoms with Gasteiger partial charge in [-0.2, -0.15) is 23.5 Å². The molecule has 3 aromatic carbocycles. The summed E-state index contributed by atoms with van der Waals surface area (Å²) in [6, 6.07) is 4.43. The molecule has 3 aromatic heterocycles. The van der Waals surface area contributed by atoms with Crippen molar-refractivity contribution in [2.75, 3.05) is 11.5 Å². The number of carboxylic acid groups (broad SMARTS) is 1. The number of phenols is 1. The Labute approximate surface area is 678 Å². The summed E-state index contributed by atoms with van der Waals surface area (Å²) in [6.45, 7) is 12.5. The number of imidazole rings is 1. The Morgan fingerprint density at radius 3 is 1.60 bits per heavy atom. The number of aromatic amines is 2. The number of fused-ring (bicyclic) bond motifs is 3. The highest BCUT2D eigenvalue weighted by molar-refractivity contribution is 7.98. The van der Waals surface area contributed by atoms with Crippen LogP contribution in [0, 0.1) is 11.3 Å². The summed E-state index contributed by atoms with van der Waals surface area (Å²) in [7, 11) is 0. The molecule has 4 heterocycles. The van der Waals surface area contributed by atoms with Crippen molar-refractivity contribution in [1.82, 2.24) is 78.4 Å². The zero-order chi connectivity index (χ0) is 85.1. The minimum absolute atomic E-state index is 0.0571. The van der Waals surface area contributed by atoms with Crippen molar-refractivity contribution in [3.63, 3.8) is 0 Å². The second kappa shape index (κ2) is 43.9. The first-order valence-corrected chi connectivity index (χ1v) is 40.3. The number of H-pyrrole nitrogens is 2. The van der Waals surface area contributed by atoms with Crippen LogP contribution in [0.2, 0.25) is 0 Å². The molecule has 13 amide bonds. The maximum absolute atomic E-state index is 15.2. The lowest BCUT2D eigenvalue weighted by atomic mass is 9.85. The number of benzene rings is 3. The van der Waals surface area contributed by atoms with Gasteiger partial charge in [0.1, 0.15) is 77.9 Å². The van der Waals surface area contributed by atoms with Crippen molar-refractivity contribution in [1.29, 1.82) is 0 Å². The molecule has 37 heteroatoms. The topological polar surface area (TPSA) is 562 Å². The summed E-state index contributed by atoms with van der Waals surface area (Å²) < 4.78 is 0. The van der Waals surface area contributed by atoms with Crippen molar-refractivity contribution in [2.24, 2.45) is 22.8 Å². The summed E-state index contributed by atoms with van der Waals surface area (Å²) in [5, 5.41) is 72.0. The lowest BCUT2D eigenvalue weighted by Crippen LogP contribution is -2.63. The molecule has 6 aromatic rings. The van der Waals surface area contributed by atoms with Gasteiger partial charge in [0, 0.05) is 96.8 Å². The molecule has 0 aliphatic carbocycles. The highest BCUT2D eigenvalue weighted by Gasteiger charge is 2.40. The van der Waals surface area contributed by atoms with Crippen LogP contribution >= 0.6 is 23.5 Å². The standard InChI is InChI=1S/C79H105N17O18S2/c1-9-12-53-70(106)95-64(43(5)98)77(113)93-60(67(81)104)39-116-38-47-14-10-13-46(30-47)37-115-28-26-61(100)94-65(79(6,7)8)78(114)92-57(31-44-16-20-48(21-17-44)66(80)103)73(109)90-59(34-50-36-82-40-85-50)75(111)96-63(42(4)97)76(112)91-58(33-49-35-84-68-52(49)15-11-27-83-68)74(110)88-55(29-41(2)3)71(107)87-54(24-25-62(101)102)69(105)89-56(72(108)86-53)32-45-18-22-51(99)23-19-45/h10-11,13-23,27,30,35-36,40-43,53-60,63-65,97-99H,9,12,24-26,28-29,31-34,37-39H2,1-8H3,(H2,80,103)(H2,81,104)(H,82,85)(H,83,84)(H,86,108)(H,87,107)(H,88,110)(H,89,105)(H,90,109)(H,91,112)(H,92,114)(H,93,113)(H,94,100)(H,95,106)(H,96,111)(H,101,102)/t42-,43-,53+,54+,55+,56+,57+,58+,59+,60+,63+,64?,65?/m1/s1. The van der Waals surface area contributed by atoms with Crippen LogP contribution in [0.15, 0.2) is 110 Å². The van der Waals surface area contributed by atoms with Crippen LogP contribution in [-0.2, 0) is 99.5 Å². The molecule has 0 radical (unpaired) electrons. The number of aliphatic carboxylic acids is 1. The predicted octanol–water partition coefficient (Wildman–Crippen LogP) is 0.268. The minimum atomic E-state index is -1.93. The molecule has 13 atom stereocenters. The summed E-state index contributed by atoms with van der Waals surface area (Å²) in [5.74, 6) is -13.4. The highest BCUT2D eigenvalue weighted by atomic mass is 32.2. The van der Waals surface area contributed by atoms with E-state index in [1.165, 1.54) is 111 Å². The van der Waals surface area contributed by atoms with Gasteiger partial charge in [-0.05, 0) is 109 Å². The molecule has 0 saturated heterocycles. The Kier molecular flexibility index (Phi) is 34.7. The third-order valence-electron chi connectivity index (χ3n) is 18.9. The predicted molar refractivity (Wildman–Crippen MR) is 430 cm³/mol. The Morgan fingerprint density at radius 2 is 1.06 bits per heavy atom. The summed E-state index contributed by atoms with van der Waals surface area (Å²) in [5.41, 5.74) is 14.0. The molecule has 0 fully saturated rings. The van der Waals surface area contributed by atoms with Crippen molar-refractivity contribution in [3.8, 4) is 5.75 Å². The van der Waals surface area contributed by atoms with Gasteiger partial charge >= 0.3 is 5.97 Å². The fourth-order valence-corrected chi connectivity index (χ4v) is 14.5. The Bertz CT molecular complexity index is 4420. The first kappa shape index (κ1) is 91.7. The van der Waals surface area contributed by atoms with E-state index < -0.39 is 186 Å². The Morgan fingerprint density at radius 1 is 0.560 bits per heavy atom. The summed E-state index contributed by atoms with van der Waals surface area (Å²) in [6.07, 6.45) is -0.396. The van der Waals surface area contributed by atoms with Gasteiger partial charge in [0.25, 0.3) is 0 Å². The van der Waals surface area contributed by atoms with Gasteiger partial charge in [-0.15, -0.1) is 0 Å². The molecule has 2 bridgehead atoms. The molecule has 7 rings (SSSR count). The average molecular weight is 1640 g/mol. The number of aromatic hydroxyl groups is 1. The second-order valence-corrected chi connectivity index (χ2v) is 32.2. The van der Waals surface area contributed by atoms with E-state index in [4.69, 9.17) is 11.5 Å². The number of aromatic nitrogens is 4. The zero-order valence-electron chi connectivity index (χ0n) is 65.7. The lowest BCUT2D eigenvalue weighted by molar-refractivity contribution is -0.139. The largest absolute Gasteiger partial charge is 0.508 e. The number of aliphatic hydroxyl groups excluding tert-OH is 2. The van der Waals surface area contributed by atoms with Crippen LogP contribution in [0.1, 0.15) is 138 Å². The molecule has 1 aliphatic heterocycles. The number of hydrogen-bond acceptors (Lipinski definition) is 21. The van der Waals surface area contributed by atoms with Gasteiger partial charge < -0.3 is 100 Å². The normalized spacial score (nSPS) is 23.2. The maximum Gasteiger partial charge on any atom is 0.303 e. The molecule has 0 spiro atoms. The van der Waals surface area contributed by atoms with Gasteiger partial charge in [0.2, 0.25) is 76.8 Å². The number of carbonyl (C=O) groups excluding carboxylic acids is 13. The van der Waals surface area contributed by atoms with E-state index in [-0.39, 0.29) is 79.9 Å². The van der Waals surface area contributed by atoms with Crippen LogP contribution in [-0.4, -0.2) is 213 Å². The number of nitrogens with zero attached hydrogens (tertiary/aromatic N) is 2. The number of nitrogens with one attached hydrogen (secondary N) is 13. The number of thioether (sulfide) groups is 2. The van der Waals surface area contributed by atoms with Gasteiger partial charge in [-0.25, -0.2) is 9.97 Å². The number of aliphatic hydroxyl groups is 2. The van der Waals surface area contributed by atoms with E-state index in [2.05, 4.69) is 78.4 Å². The second-order valence-electron chi connectivity index (χ2n) is 30.0. The van der Waals surface area contributed by atoms with Crippen molar-refractivity contribution in [2.45, 2.75) is 210 Å². The van der Waals surface area contributed by atoms with Gasteiger partial charge in [-0.3, -0.25) is 67.1 Å². The van der Waals surface area contributed by atoms with Crippen LogP contribution in [0.3, 0.4) is 0 Å². The molecule has 35 nitrogen and oxygen atoms in total. The fourth-order valence-electron chi connectivity index (χ4n) is 12.6. The molecule has 2 unspecified atom stereocenters. The third kappa shape index (κ3) is 28.5. The molecule has 116 heavy (non-hydrogen) atoms. The molecular formula is C79H105N17O18S2. The molecule has 0 saturated carbocycles. The van der Waals surface area contributed by atoms with Gasteiger partial charge in [-0.1, -0.05) is 96.5 Å². The molecule has 626 valence electrons. The highest BCUT2D eigenvalue weighted by Crippen LogP contribution is 2.24. The first-order valence-electron chi connectivity index (χ1n) is 38.0. The van der Waals surface area contributed by atoms with E-state index in [0.717, 1.165) is 11.1 Å². The first-order chi connectivity index (χ1) is 55.0. The quantitative estimate of drug-likeness (QED) is 0.0517. The van der Waals surface area contributed by atoms with Crippen LogP contribution < -0.4 is 70.0 Å². The number of primary amides is 2. The van der Waals surface area contributed by atoms with E-state index in [1.807, 2.05) is 24.3 Å². The number of hydrogen-bond donors (Lipinski definition) is 19. The number of carbonyl (C=O) groups is 14. The van der Waals surface area contributed by atoms with E-state index in [1.54, 1.807) is 53.7 Å². The molecular weight excluding hydrogens is 1540 g/mol. The Balaban J connectivity index is 1.27. The third-order valence-corrected chi connectivity index (χ3v) is 21.0. The molecule has 1 aliphatic rings. The van der Waals surface area contributed by atoms with Crippen LogP contribution in [0.25, 0.3) is 11.0 Å². The van der Waals surface area contributed by atoms with Crippen molar-refractivity contribution < 1.29 is 87.5 Å². The lowest BCUT2D eigenvalue weighted by Gasteiger charge is -2.32. The summed E-state index contributed by atoms with van der Waals surface area (Å²) >= 11 is 2.66. The van der Waals surface area contributed by atoms with E-state index >= 15 is 9.59 Å². The van der Waals surface area contributed by atoms with Gasteiger partial charge in [0.15, 0.2) is 0 Å². The smallest absolute Gasteiger partial charge is 0.303 e. The Hall–Kier alpha value is -11.4. The maximum atomic E-state index is 15.2. The van der Waals surface area contributed by atoms with Crippen LogP contribution in [0.4, 0.5) is 0 Å². The summed E-state index contributed by atoms with van der Waals surface area (Å²) in [4.78, 5) is 213.